The number of aliphatic hydroxyl groups excluding tert-OH is 1. The van der Waals surface area contributed by atoms with Crippen LogP contribution in [0.5, 0.6) is 0 Å². The number of ether oxygens (including phenoxy) is 2. The maximum absolute atomic E-state index is 11.9. The number of amides is 2. The van der Waals surface area contributed by atoms with Crippen LogP contribution in [0.1, 0.15) is 20.8 Å². The lowest BCUT2D eigenvalue weighted by molar-refractivity contribution is -0.147. The van der Waals surface area contributed by atoms with Crippen LogP contribution in [0.25, 0.3) is 0 Å². The summed E-state index contributed by atoms with van der Waals surface area (Å²) in [6, 6.07) is -1.09. The number of methoxy groups -OCH3 is 1. The fourth-order valence-electron chi connectivity index (χ4n) is 1.73. The Bertz CT molecular complexity index is 411. The highest BCUT2D eigenvalue weighted by Crippen LogP contribution is 2.19. The van der Waals surface area contributed by atoms with E-state index in [1.54, 1.807) is 20.8 Å². The van der Waals surface area contributed by atoms with Gasteiger partial charge in [0.1, 0.15) is 5.60 Å². The molecular formula is C13H22N2O6. The van der Waals surface area contributed by atoms with Gasteiger partial charge in [-0.25, -0.2) is 9.59 Å². The standard InChI is InChI=1S/C13H22N2O6/c1-13(2,3)21-12(19)15-5-8(6-15)10(17)14-9(7-16)11(18)20-4/h8-9,16H,5-7H2,1-4H3,(H,14,17). The second-order valence-corrected chi connectivity index (χ2v) is 5.85. The van der Waals surface area contributed by atoms with Crippen molar-refractivity contribution in [1.82, 2.24) is 10.2 Å². The summed E-state index contributed by atoms with van der Waals surface area (Å²) < 4.78 is 9.62. The minimum atomic E-state index is -1.09. The Kier molecular flexibility index (Phi) is 5.54. The Morgan fingerprint density at radius 2 is 1.90 bits per heavy atom. The Labute approximate surface area is 123 Å². The summed E-state index contributed by atoms with van der Waals surface area (Å²) in [4.78, 5) is 36.2. The first-order valence-corrected chi connectivity index (χ1v) is 6.65. The molecule has 1 heterocycles. The van der Waals surface area contributed by atoms with E-state index in [0.717, 1.165) is 0 Å². The lowest BCUT2D eigenvalue weighted by atomic mass is 9.99. The maximum Gasteiger partial charge on any atom is 0.410 e. The lowest BCUT2D eigenvalue weighted by Gasteiger charge is -2.39. The van der Waals surface area contributed by atoms with Crippen LogP contribution in [0.3, 0.4) is 0 Å². The summed E-state index contributed by atoms with van der Waals surface area (Å²) in [6.45, 7) is 5.19. The smallest absolute Gasteiger partial charge is 0.410 e. The summed E-state index contributed by atoms with van der Waals surface area (Å²) in [6.07, 6.45) is -0.474. The molecule has 0 saturated carbocycles. The van der Waals surface area contributed by atoms with E-state index in [-0.39, 0.29) is 13.1 Å². The number of hydrogen-bond donors (Lipinski definition) is 2. The summed E-state index contributed by atoms with van der Waals surface area (Å²) in [5.74, 6) is -1.54. The van der Waals surface area contributed by atoms with Gasteiger partial charge in [-0.2, -0.15) is 0 Å². The molecule has 1 saturated heterocycles. The Morgan fingerprint density at radius 3 is 2.33 bits per heavy atom. The van der Waals surface area contributed by atoms with Crippen molar-refractivity contribution in [2.45, 2.75) is 32.4 Å². The van der Waals surface area contributed by atoms with Crippen molar-refractivity contribution < 1.29 is 29.0 Å². The van der Waals surface area contributed by atoms with Crippen LogP contribution in [0.15, 0.2) is 0 Å². The Hall–Kier alpha value is -1.83. The van der Waals surface area contributed by atoms with Crippen LogP contribution in [0, 0.1) is 5.92 Å². The van der Waals surface area contributed by atoms with E-state index >= 15 is 0 Å². The predicted molar refractivity (Wildman–Crippen MR) is 72.3 cm³/mol. The number of esters is 1. The van der Waals surface area contributed by atoms with Crippen LogP contribution >= 0.6 is 0 Å². The molecule has 1 aliphatic heterocycles. The zero-order valence-corrected chi connectivity index (χ0v) is 12.7. The van der Waals surface area contributed by atoms with Crippen LogP contribution in [0.4, 0.5) is 4.79 Å². The molecule has 0 aliphatic carbocycles. The van der Waals surface area contributed by atoms with E-state index < -0.39 is 42.1 Å². The van der Waals surface area contributed by atoms with E-state index in [0.29, 0.717) is 0 Å². The normalized spacial score (nSPS) is 16.7. The van der Waals surface area contributed by atoms with Crippen molar-refractivity contribution in [3.63, 3.8) is 0 Å². The first-order chi connectivity index (χ1) is 9.67. The van der Waals surface area contributed by atoms with E-state index in [1.165, 1.54) is 12.0 Å². The van der Waals surface area contributed by atoms with E-state index in [9.17, 15) is 14.4 Å². The number of likely N-dealkylation sites (tertiary alicyclic amines) is 1. The van der Waals surface area contributed by atoms with Crippen LogP contribution in [0.2, 0.25) is 0 Å². The van der Waals surface area contributed by atoms with Crippen LogP contribution in [-0.2, 0) is 19.1 Å². The molecular weight excluding hydrogens is 280 g/mol. The molecule has 0 aromatic carbocycles. The number of carbonyl (C=O) groups is 3. The number of hydrogen-bond acceptors (Lipinski definition) is 6. The third kappa shape index (κ3) is 4.89. The third-order valence-electron chi connectivity index (χ3n) is 2.89. The van der Waals surface area contributed by atoms with Gasteiger partial charge < -0.3 is 24.8 Å². The molecule has 0 spiro atoms. The fraction of sp³-hybridized carbons (Fsp3) is 0.769. The second-order valence-electron chi connectivity index (χ2n) is 5.85. The SMILES string of the molecule is COC(=O)C(CO)NC(=O)C1CN(C(=O)OC(C)(C)C)C1. The molecule has 8 nitrogen and oxygen atoms in total. The average Bonchev–Trinajstić information content (AvgIpc) is 2.30. The molecule has 0 aromatic rings. The first kappa shape index (κ1) is 17.2. The number of nitrogens with zero attached hydrogens (tertiary/aromatic N) is 1. The summed E-state index contributed by atoms with van der Waals surface area (Å²) >= 11 is 0. The summed E-state index contributed by atoms with van der Waals surface area (Å²) in [7, 11) is 1.17. The molecule has 0 radical (unpaired) electrons. The van der Waals surface area contributed by atoms with Gasteiger partial charge in [-0.15, -0.1) is 0 Å². The van der Waals surface area contributed by atoms with E-state index in [4.69, 9.17) is 9.84 Å². The lowest BCUT2D eigenvalue weighted by Crippen LogP contribution is -2.58. The summed E-state index contributed by atoms with van der Waals surface area (Å²) in [5, 5.41) is 11.4. The van der Waals surface area contributed by atoms with Gasteiger partial charge in [0.15, 0.2) is 6.04 Å². The first-order valence-electron chi connectivity index (χ1n) is 6.65. The van der Waals surface area contributed by atoms with Crippen molar-refractivity contribution in [3.8, 4) is 0 Å². The quantitative estimate of drug-likeness (QED) is 0.679. The zero-order valence-electron chi connectivity index (χ0n) is 12.7. The van der Waals surface area contributed by atoms with Crippen molar-refractivity contribution in [2.75, 3.05) is 26.8 Å². The predicted octanol–water partition coefficient (Wildman–Crippen LogP) is -0.497. The largest absolute Gasteiger partial charge is 0.467 e. The second kappa shape index (κ2) is 6.75. The third-order valence-corrected chi connectivity index (χ3v) is 2.89. The van der Waals surface area contributed by atoms with Gasteiger partial charge >= 0.3 is 12.1 Å². The molecule has 21 heavy (non-hydrogen) atoms. The highest BCUT2D eigenvalue weighted by molar-refractivity contribution is 5.87. The number of nitrogens with one attached hydrogen (secondary N) is 1. The molecule has 1 unspecified atom stereocenters. The fourth-order valence-corrected chi connectivity index (χ4v) is 1.73. The van der Waals surface area contributed by atoms with Gasteiger partial charge in [0.2, 0.25) is 5.91 Å². The van der Waals surface area contributed by atoms with Crippen molar-refractivity contribution >= 4 is 18.0 Å². The highest BCUT2D eigenvalue weighted by Gasteiger charge is 2.39. The minimum absolute atomic E-state index is 0.222. The summed E-state index contributed by atoms with van der Waals surface area (Å²) in [5.41, 5.74) is -0.586. The molecule has 2 N–H and O–H groups in total. The topological polar surface area (TPSA) is 105 Å². The average molecular weight is 302 g/mol. The van der Waals surface area contributed by atoms with Gasteiger partial charge in [-0.3, -0.25) is 4.79 Å². The van der Waals surface area contributed by atoms with E-state index in [2.05, 4.69) is 10.1 Å². The molecule has 1 aliphatic rings. The molecule has 1 atom stereocenters. The van der Waals surface area contributed by atoms with Gasteiger partial charge in [0.05, 0.1) is 19.6 Å². The van der Waals surface area contributed by atoms with Gasteiger partial charge in [0.25, 0.3) is 0 Å². The van der Waals surface area contributed by atoms with Crippen LogP contribution in [-0.4, -0.2) is 66.4 Å². The van der Waals surface area contributed by atoms with Crippen LogP contribution < -0.4 is 5.32 Å². The molecule has 0 aromatic heterocycles. The molecule has 1 rings (SSSR count). The monoisotopic (exact) mass is 302 g/mol. The minimum Gasteiger partial charge on any atom is -0.467 e. The number of carbonyl (C=O) groups excluding carboxylic acids is 3. The van der Waals surface area contributed by atoms with E-state index in [1.807, 2.05) is 0 Å². The van der Waals surface area contributed by atoms with Crippen molar-refractivity contribution in [3.05, 3.63) is 0 Å². The highest BCUT2D eigenvalue weighted by atomic mass is 16.6. The molecule has 8 heteroatoms. The van der Waals surface area contributed by atoms with Gasteiger partial charge in [-0.1, -0.05) is 0 Å². The molecule has 2 amide bonds. The van der Waals surface area contributed by atoms with Gasteiger partial charge in [-0.05, 0) is 20.8 Å². The number of rotatable bonds is 4. The maximum atomic E-state index is 11.9. The Balaban J connectivity index is 2.41. The number of aliphatic hydroxyl groups is 1. The zero-order chi connectivity index (χ0) is 16.2. The Morgan fingerprint density at radius 1 is 1.33 bits per heavy atom. The van der Waals surface area contributed by atoms with Crippen molar-refractivity contribution in [1.29, 1.82) is 0 Å². The van der Waals surface area contributed by atoms with Crippen molar-refractivity contribution in [2.24, 2.45) is 5.92 Å². The molecule has 0 bridgehead atoms. The van der Waals surface area contributed by atoms with Gasteiger partial charge in [0, 0.05) is 13.1 Å². The molecule has 1 fully saturated rings. The molecule has 120 valence electrons.